The molecule has 0 aliphatic heterocycles. The molecule has 1 N–H and O–H groups in total. The second-order valence-corrected chi connectivity index (χ2v) is 11.5. The number of halogens is 1. The maximum atomic E-state index is 13.7. The van der Waals surface area contributed by atoms with E-state index < -0.39 is 21.7 Å². The highest BCUT2D eigenvalue weighted by atomic mass is 32.2. The van der Waals surface area contributed by atoms with Gasteiger partial charge in [0.15, 0.2) is 5.58 Å². The van der Waals surface area contributed by atoms with Crippen molar-refractivity contribution in [2.24, 2.45) is 0 Å². The van der Waals surface area contributed by atoms with Crippen molar-refractivity contribution < 1.29 is 26.4 Å². The van der Waals surface area contributed by atoms with Gasteiger partial charge in [-0.2, -0.15) is 0 Å². The third kappa shape index (κ3) is 4.62. The van der Waals surface area contributed by atoms with Crippen LogP contribution < -0.4 is 9.62 Å². The Morgan fingerprint density at radius 2 is 1.63 bits per heavy atom. The molecule has 0 aliphatic carbocycles. The van der Waals surface area contributed by atoms with E-state index in [9.17, 15) is 17.6 Å². The van der Waals surface area contributed by atoms with Crippen molar-refractivity contribution in [3.8, 4) is 33.9 Å². The van der Waals surface area contributed by atoms with Gasteiger partial charge in [-0.25, -0.2) is 17.8 Å². The number of nitrogens with zero attached hydrogens (tertiary/aromatic N) is 2. The van der Waals surface area contributed by atoms with Gasteiger partial charge in [0.25, 0.3) is 5.91 Å². The third-order valence-electron chi connectivity index (χ3n) is 6.93. The van der Waals surface area contributed by atoms with E-state index in [2.05, 4.69) is 10.3 Å². The van der Waals surface area contributed by atoms with Crippen LogP contribution in [0.5, 0.6) is 0 Å². The number of hydrogen-bond donors (Lipinski definition) is 1. The maximum Gasteiger partial charge on any atom is 0.255 e. The van der Waals surface area contributed by atoms with E-state index in [0.29, 0.717) is 44.8 Å². The van der Waals surface area contributed by atoms with Gasteiger partial charge in [-0.05, 0) is 48.5 Å². The molecule has 2 aromatic heterocycles. The zero-order valence-corrected chi connectivity index (χ0v) is 23.1. The summed E-state index contributed by atoms with van der Waals surface area (Å²) in [6, 6.07) is 23.8. The summed E-state index contributed by atoms with van der Waals surface area (Å²) in [6.07, 6.45) is 1.10. The molecule has 0 fully saturated rings. The van der Waals surface area contributed by atoms with Gasteiger partial charge in [-0.15, -0.1) is 0 Å². The van der Waals surface area contributed by atoms with Gasteiger partial charge in [0.1, 0.15) is 22.7 Å². The largest absolute Gasteiger partial charge is 0.455 e. The quantitative estimate of drug-likeness (QED) is 0.247. The Morgan fingerprint density at radius 1 is 0.902 bits per heavy atom. The minimum atomic E-state index is -3.70. The van der Waals surface area contributed by atoms with Gasteiger partial charge in [-0.3, -0.25) is 9.10 Å². The van der Waals surface area contributed by atoms with Crippen LogP contribution in [0.3, 0.4) is 0 Å². The van der Waals surface area contributed by atoms with Crippen LogP contribution in [0.4, 0.5) is 10.1 Å². The van der Waals surface area contributed by atoms with Crippen LogP contribution in [0, 0.1) is 5.82 Å². The molecule has 6 rings (SSSR count). The van der Waals surface area contributed by atoms with E-state index >= 15 is 0 Å². The van der Waals surface area contributed by atoms with E-state index in [-0.39, 0.29) is 16.9 Å². The predicted octanol–water partition coefficient (Wildman–Crippen LogP) is 6.47. The Balaban J connectivity index is 1.67. The number of aromatic nitrogens is 1. The Kier molecular flexibility index (Phi) is 6.34. The molecule has 0 spiro atoms. The summed E-state index contributed by atoms with van der Waals surface area (Å²) >= 11 is 0. The number of oxazole rings is 1. The summed E-state index contributed by atoms with van der Waals surface area (Å²) in [5.74, 6) is -0.197. The number of rotatable bonds is 6. The summed E-state index contributed by atoms with van der Waals surface area (Å²) in [6.45, 7) is 0. The molecule has 0 atom stereocenters. The number of para-hydroxylation sites is 1. The molecular formula is C31H24FN3O5S. The molecule has 41 heavy (non-hydrogen) atoms. The molecule has 1 amide bonds. The Labute approximate surface area is 235 Å². The van der Waals surface area contributed by atoms with Crippen LogP contribution in [-0.4, -0.2) is 39.7 Å². The second kappa shape index (κ2) is 9.90. The van der Waals surface area contributed by atoms with Gasteiger partial charge in [0.2, 0.25) is 15.9 Å². The molecule has 0 saturated carbocycles. The Hall–Kier alpha value is -4.96. The van der Waals surface area contributed by atoms with Crippen LogP contribution in [0.1, 0.15) is 10.4 Å². The number of furan rings is 1. The number of anilines is 1. The normalized spacial score (nSPS) is 11.7. The van der Waals surface area contributed by atoms with E-state index in [1.54, 1.807) is 12.1 Å². The summed E-state index contributed by atoms with van der Waals surface area (Å²) in [4.78, 5) is 17.8. The van der Waals surface area contributed by atoms with Crippen molar-refractivity contribution in [1.29, 1.82) is 0 Å². The Bertz CT molecular complexity index is 2050. The number of carbonyl (C=O) groups excluding carboxylic acids is 1. The van der Waals surface area contributed by atoms with E-state index in [0.717, 1.165) is 16.1 Å². The first-order chi connectivity index (χ1) is 19.7. The fourth-order valence-corrected chi connectivity index (χ4v) is 5.32. The number of sulfonamides is 1. The minimum Gasteiger partial charge on any atom is -0.455 e. The third-order valence-corrected chi connectivity index (χ3v) is 8.12. The van der Waals surface area contributed by atoms with E-state index in [1.807, 2.05) is 48.5 Å². The monoisotopic (exact) mass is 569 g/mol. The van der Waals surface area contributed by atoms with Crippen LogP contribution in [0.15, 0.2) is 93.8 Å². The molecule has 206 valence electrons. The lowest BCUT2D eigenvalue weighted by molar-refractivity contribution is 0.0964. The molecule has 0 saturated heterocycles. The molecular weight excluding hydrogens is 545 g/mol. The van der Waals surface area contributed by atoms with E-state index in [1.165, 1.54) is 38.4 Å². The van der Waals surface area contributed by atoms with Gasteiger partial charge >= 0.3 is 0 Å². The fourth-order valence-electron chi connectivity index (χ4n) is 4.81. The summed E-state index contributed by atoms with van der Waals surface area (Å²) in [5.41, 5.74) is 4.22. The maximum absolute atomic E-state index is 13.7. The van der Waals surface area contributed by atoms with Crippen LogP contribution in [-0.2, 0) is 10.0 Å². The summed E-state index contributed by atoms with van der Waals surface area (Å²) < 4.78 is 52.7. The number of hydrogen-bond acceptors (Lipinski definition) is 6. The SMILES string of the molecule is CNC(=O)c1c(-c2ccc(F)cc2)oc2cc(N(C)S(C)(=O)=O)c(-c3cccc4nc(-c5ccccc5)oc34)cc12. The Morgan fingerprint density at radius 3 is 2.32 bits per heavy atom. The van der Waals surface area contributed by atoms with Crippen molar-refractivity contribution in [3.63, 3.8) is 0 Å². The average Bonchev–Trinajstić information content (AvgIpc) is 3.58. The highest BCUT2D eigenvalue weighted by Crippen LogP contribution is 2.43. The first-order valence-electron chi connectivity index (χ1n) is 12.6. The fraction of sp³-hybridized carbons (Fsp3) is 0.0968. The first kappa shape index (κ1) is 26.3. The molecule has 6 aromatic rings. The molecule has 10 heteroatoms. The standard InChI is InChI=1S/C31H24FN3O5S/c1-33-30(36)27-23-16-22(21-10-7-11-24-29(21)40-31(34-24)19-8-5-4-6-9-19)25(35(2)41(3,37)38)17-26(23)39-28(27)18-12-14-20(32)15-13-18/h4-17H,1-3H3,(H,33,36). The zero-order chi connectivity index (χ0) is 28.9. The average molecular weight is 570 g/mol. The van der Waals surface area contributed by atoms with Gasteiger partial charge in [-0.1, -0.05) is 30.3 Å². The summed E-state index contributed by atoms with van der Waals surface area (Å²) in [7, 11) is -0.756. The number of carbonyl (C=O) groups is 1. The highest BCUT2D eigenvalue weighted by molar-refractivity contribution is 7.92. The van der Waals surface area contributed by atoms with Gasteiger partial charge < -0.3 is 14.2 Å². The highest BCUT2D eigenvalue weighted by Gasteiger charge is 2.27. The van der Waals surface area contributed by atoms with Gasteiger partial charge in [0, 0.05) is 47.8 Å². The lowest BCUT2D eigenvalue weighted by Gasteiger charge is -2.20. The van der Waals surface area contributed by atoms with Crippen molar-refractivity contribution in [1.82, 2.24) is 10.3 Å². The van der Waals surface area contributed by atoms with Crippen molar-refractivity contribution in [2.45, 2.75) is 0 Å². The molecule has 0 radical (unpaired) electrons. The van der Waals surface area contributed by atoms with Crippen molar-refractivity contribution >= 4 is 43.7 Å². The predicted molar refractivity (Wildman–Crippen MR) is 157 cm³/mol. The topological polar surface area (TPSA) is 106 Å². The number of amides is 1. The van der Waals surface area contributed by atoms with Crippen molar-refractivity contribution in [2.75, 3.05) is 24.7 Å². The second-order valence-electron chi connectivity index (χ2n) is 9.53. The van der Waals surface area contributed by atoms with Crippen LogP contribution in [0.2, 0.25) is 0 Å². The van der Waals surface area contributed by atoms with E-state index in [4.69, 9.17) is 8.83 Å². The number of nitrogens with one attached hydrogen (secondary N) is 1. The zero-order valence-electron chi connectivity index (χ0n) is 22.3. The number of benzene rings is 4. The summed E-state index contributed by atoms with van der Waals surface area (Å²) in [5, 5.41) is 3.09. The molecule has 0 bridgehead atoms. The molecule has 4 aromatic carbocycles. The number of fused-ring (bicyclic) bond motifs is 2. The molecule has 0 unspecified atom stereocenters. The van der Waals surface area contributed by atoms with Crippen LogP contribution in [0.25, 0.3) is 56.0 Å². The van der Waals surface area contributed by atoms with Gasteiger partial charge in [0.05, 0.1) is 17.5 Å². The minimum absolute atomic E-state index is 0.230. The lowest BCUT2D eigenvalue weighted by Crippen LogP contribution is -2.25. The molecule has 0 aliphatic rings. The van der Waals surface area contributed by atoms with Crippen LogP contribution >= 0.6 is 0 Å². The first-order valence-corrected chi connectivity index (χ1v) is 14.5. The lowest BCUT2D eigenvalue weighted by atomic mass is 9.98. The molecule has 8 nitrogen and oxygen atoms in total. The molecule has 2 heterocycles. The smallest absolute Gasteiger partial charge is 0.255 e. The van der Waals surface area contributed by atoms with Crippen molar-refractivity contribution in [3.05, 3.63) is 96.3 Å².